The molecule has 0 spiro atoms. The van der Waals surface area contributed by atoms with Crippen molar-refractivity contribution in [2.24, 2.45) is 0 Å². The Balaban J connectivity index is 1.32. The summed E-state index contributed by atoms with van der Waals surface area (Å²) in [6, 6.07) is 12.7. The summed E-state index contributed by atoms with van der Waals surface area (Å²) < 4.78 is 0. The molecule has 2 saturated heterocycles. The zero-order valence-electron chi connectivity index (χ0n) is 16.6. The number of hydrogen-bond donors (Lipinski definition) is 1. The molecule has 2 fully saturated rings. The molecule has 4 rings (SSSR count). The van der Waals surface area contributed by atoms with E-state index < -0.39 is 0 Å². The lowest BCUT2D eigenvalue weighted by atomic mass is 9.91. The highest BCUT2D eigenvalue weighted by Gasteiger charge is 2.29. The summed E-state index contributed by atoms with van der Waals surface area (Å²) >= 11 is 0. The van der Waals surface area contributed by atoms with Gasteiger partial charge in [-0.1, -0.05) is 12.1 Å². The van der Waals surface area contributed by atoms with Crippen LogP contribution in [0.4, 0.5) is 11.6 Å². The van der Waals surface area contributed by atoms with E-state index in [2.05, 4.69) is 27.3 Å². The number of aromatic nitrogens is 2. The van der Waals surface area contributed by atoms with Crippen LogP contribution in [0.15, 0.2) is 42.6 Å². The van der Waals surface area contributed by atoms with E-state index in [1.54, 1.807) is 13.1 Å². The Morgan fingerprint density at radius 1 is 0.964 bits per heavy atom. The van der Waals surface area contributed by atoms with Gasteiger partial charge in [-0.3, -0.25) is 4.79 Å². The van der Waals surface area contributed by atoms with Gasteiger partial charge in [0.05, 0.1) is 0 Å². The molecule has 2 aromatic rings. The first-order chi connectivity index (χ1) is 13.7. The summed E-state index contributed by atoms with van der Waals surface area (Å²) in [7, 11) is 0. The van der Waals surface area contributed by atoms with Gasteiger partial charge in [0.1, 0.15) is 11.6 Å². The van der Waals surface area contributed by atoms with Crippen molar-refractivity contribution in [2.75, 3.05) is 31.5 Å². The standard InChI is InChI=1S/C22H29N5O/c1-17(28)26-15-10-19(11-16-26)27-13-8-18(9-14-27)20-5-4-7-22(24-20)25-21-6-2-3-12-23-21/h2-7,12,18-19H,8-11,13-16H2,1H3,(H,23,24,25). The molecule has 0 aromatic carbocycles. The second-order valence-electron chi connectivity index (χ2n) is 7.84. The maximum atomic E-state index is 11.5. The van der Waals surface area contributed by atoms with Crippen LogP contribution in [-0.4, -0.2) is 57.9 Å². The van der Waals surface area contributed by atoms with Crippen LogP contribution in [-0.2, 0) is 4.79 Å². The van der Waals surface area contributed by atoms with Gasteiger partial charge in [-0.25, -0.2) is 9.97 Å². The Bertz CT molecular complexity index is 781. The summed E-state index contributed by atoms with van der Waals surface area (Å²) in [6.07, 6.45) is 6.28. The number of carbonyl (C=O) groups is 1. The quantitative estimate of drug-likeness (QED) is 0.882. The Kier molecular flexibility index (Phi) is 5.86. The molecule has 2 aliphatic heterocycles. The van der Waals surface area contributed by atoms with Gasteiger partial charge in [0.25, 0.3) is 0 Å². The van der Waals surface area contributed by atoms with E-state index in [1.165, 1.54) is 5.69 Å². The van der Waals surface area contributed by atoms with Crippen LogP contribution in [0, 0.1) is 0 Å². The predicted molar refractivity (Wildman–Crippen MR) is 111 cm³/mol. The van der Waals surface area contributed by atoms with Crippen LogP contribution in [0.5, 0.6) is 0 Å². The topological polar surface area (TPSA) is 61.4 Å². The molecule has 28 heavy (non-hydrogen) atoms. The van der Waals surface area contributed by atoms with Gasteiger partial charge in [0, 0.05) is 43.9 Å². The minimum atomic E-state index is 0.211. The second-order valence-corrected chi connectivity index (χ2v) is 7.84. The highest BCUT2D eigenvalue weighted by atomic mass is 16.2. The van der Waals surface area contributed by atoms with E-state index in [0.29, 0.717) is 12.0 Å². The zero-order valence-corrected chi connectivity index (χ0v) is 16.6. The number of pyridine rings is 2. The number of rotatable bonds is 4. The number of piperidine rings is 2. The van der Waals surface area contributed by atoms with Crippen molar-refractivity contribution >= 4 is 17.5 Å². The van der Waals surface area contributed by atoms with Crippen molar-refractivity contribution in [3.63, 3.8) is 0 Å². The molecule has 6 heteroatoms. The summed E-state index contributed by atoms with van der Waals surface area (Å²) in [5.41, 5.74) is 1.17. The number of anilines is 2. The molecular weight excluding hydrogens is 350 g/mol. The molecule has 1 N–H and O–H groups in total. The first-order valence-corrected chi connectivity index (χ1v) is 10.3. The number of amides is 1. The van der Waals surface area contributed by atoms with Gasteiger partial charge in [-0.05, 0) is 63.0 Å². The first-order valence-electron chi connectivity index (χ1n) is 10.3. The molecule has 6 nitrogen and oxygen atoms in total. The highest BCUT2D eigenvalue weighted by Crippen LogP contribution is 2.30. The fourth-order valence-electron chi connectivity index (χ4n) is 4.42. The zero-order chi connectivity index (χ0) is 19.3. The largest absolute Gasteiger partial charge is 0.343 e. The molecule has 4 heterocycles. The Morgan fingerprint density at radius 3 is 2.39 bits per heavy atom. The fourth-order valence-corrected chi connectivity index (χ4v) is 4.42. The van der Waals surface area contributed by atoms with Gasteiger partial charge >= 0.3 is 0 Å². The van der Waals surface area contributed by atoms with Crippen molar-refractivity contribution in [3.8, 4) is 0 Å². The predicted octanol–water partition coefficient (Wildman–Crippen LogP) is 3.41. The number of nitrogens with zero attached hydrogens (tertiary/aromatic N) is 4. The normalized spacial score (nSPS) is 19.5. The number of nitrogens with one attached hydrogen (secondary N) is 1. The molecule has 0 atom stereocenters. The number of carbonyl (C=O) groups excluding carboxylic acids is 1. The van der Waals surface area contributed by atoms with Crippen LogP contribution in [0.3, 0.4) is 0 Å². The minimum absolute atomic E-state index is 0.211. The van der Waals surface area contributed by atoms with Gasteiger partial charge in [0.2, 0.25) is 5.91 Å². The maximum Gasteiger partial charge on any atom is 0.219 e. The van der Waals surface area contributed by atoms with E-state index in [1.807, 2.05) is 29.2 Å². The third-order valence-corrected chi connectivity index (χ3v) is 6.07. The van der Waals surface area contributed by atoms with Gasteiger partial charge < -0.3 is 15.1 Å². The van der Waals surface area contributed by atoms with Crippen LogP contribution >= 0.6 is 0 Å². The highest BCUT2D eigenvalue weighted by molar-refractivity contribution is 5.73. The second kappa shape index (κ2) is 8.69. The third kappa shape index (κ3) is 4.50. The van der Waals surface area contributed by atoms with Gasteiger partial charge in [0.15, 0.2) is 0 Å². The fraction of sp³-hybridized carbons (Fsp3) is 0.500. The molecule has 0 saturated carbocycles. The Hall–Kier alpha value is -2.47. The summed E-state index contributed by atoms with van der Waals surface area (Å²) in [5.74, 6) is 2.40. The van der Waals surface area contributed by atoms with Crippen LogP contribution in [0.25, 0.3) is 0 Å². The lowest BCUT2D eigenvalue weighted by molar-refractivity contribution is -0.130. The van der Waals surface area contributed by atoms with Crippen LogP contribution < -0.4 is 5.32 Å². The van der Waals surface area contributed by atoms with E-state index in [9.17, 15) is 4.79 Å². The van der Waals surface area contributed by atoms with E-state index in [0.717, 1.165) is 63.5 Å². The molecule has 0 aliphatic carbocycles. The maximum absolute atomic E-state index is 11.5. The van der Waals surface area contributed by atoms with E-state index in [-0.39, 0.29) is 5.91 Å². The van der Waals surface area contributed by atoms with Gasteiger partial charge in [-0.15, -0.1) is 0 Å². The minimum Gasteiger partial charge on any atom is -0.343 e. The van der Waals surface area contributed by atoms with E-state index >= 15 is 0 Å². The summed E-state index contributed by atoms with van der Waals surface area (Å²) in [5, 5.41) is 3.29. The van der Waals surface area contributed by atoms with Crippen LogP contribution in [0.1, 0.15) is 44.2 Å². The first kappa shape index (κ1) is 18.9. The van der Waals surface area contributed by atoms with Crippen molar-refractivity contribution in [2.45, 2.75) is 44.6 Å². The van der Waals surface area contributed by atoms with Crippen LogP contribution in [0.2, 0.25) is 0 Å². The number of likely N-dealkylation sites (tertiary alicyclic amines) is 2. The molecule has 0 bridgehead atoms. The Labute approximate surface area is 167 Å². The Morgan fingerprint density at radius 2 is 1.71 bits per heavy atom. The molecule has 148 valence electrons. The van der Waals surface area contributed by atoms with Crippen molar-refractivity contribution in [1.29, 1.82) is 0 Å². The monoisotopic (exact) mass is 379 g/mol. The molecule has 1 amide bonds. The number of hydrogen-bond acceptors (Lipinski definition) is 5. The third-order valence-electron chi connectivity index (χ3n) is 6.07. The molecule has 2 aliphatic rings. The lowest BCUT2D eigenvalue weighted by Crippen LogP contribution is -2.48. The lowest BCUT2D eigenvalue weighted by Gasteiger charge is -2.41. The summed E-state index contributed by atoms with van der Waals surface area (Å²) in [6.45, 7) is 5.73. The molecule has 2 aromatic heterocycles. The molecule has 0 unspecified atom stereocenters. The summed E-state index contributed by atoms with van der Waals surface area (Å²) in [4.78, 5) is 25.3. The van der Waals surface area contributed by atoms with Crippen molar-refractivity contribution in [1.82, 2.24) is 19.8 Å². The molecule has 0 radical (unpaired) electrons. The van der Waals surface area contributed by atoms with E-state index in [4.69, 9.17) is 4.98 Å². The van der Waals surface area contributed by atoms with Crippen molar-refractivity contribution in [3.05, 3.63) is 48.3 Å². The van der Waals surface area contributed by atoms with Crippen molar-refractivity contribution < 1.29 is 4.79 Å². The average molecular weight is 380 g/mol. The van der Waals surface area contributed by atoms with Gasteiger partial charge in [-0.2, -0.15) is 0 Å². The molecular formula is C22H29N5O. The smallest absolute Gasteiger partial charge is 0.219 e. The average Bonchev–Trinajstić information content (AvgIpc) is 2.75. The SMILES string of the molecule is CC(=O)N1CCC(N2CCC(c3cccc(Nc4ccccn4)n3)CC2)CC1.